The molecule has 6 nitrogen and oxygen atoms in total. The summed E-state index contributed by atoms with van der Waals surface area (Å²) >= 11 is 0. The van der Waals surface area contributed by atoms with Crippen LogP contribution in [0.25, 0.3) is 16.9 Å². The summed E-state index contributed by atoms with van der Waals surface area (Å²) in [6, 6.07) is 7.53. The molecule has 2 heterocycles. The normalized spacial score (nSPS) is 10.8. The van der Waals surface area contributed by atoms with Crippen molar-refractivity contribution in [3.05, 3.63) is 48.2 Å². The van der Waals surface area contributed by atoms with Crippen LogP contribution in [0.4, 0.5) is 0 Å². The van der Waals surface area contributed by atoms with Crippen molar-refractivity contribution in [1.82, 2.24) is 19.5 Å². The molecule has 0 fully saturated rings. The number of aromatic carboxylic acids is 1. The van der Waals surface area contributed by atoms with Crippen molar-refractivity contribution in [3.63, 3.8) is 0 Å². The van der Waals surface area contributed by atoms with E-state index in [-0.39, 0.29) is 5.69 Å². The Hall–Kier alpha value is -2.76. The number of hydrogen-bond donors (Lipinski definition) is 1. The predicted molar refractivity (Wildman–Crippen MR) is 68.4 cm³/mol. The highest BCUT2D eigenvalue weighted by atomic mass is 16.4. The van der Waals surface area contributed by atoms with Gasteiger partial charge in [-0.15, -0.1) is 0 Å². The Morgan fingerprint density at radius 1 is 1.21 bits per heavy atom. The molecule has 0 saturated carbocycles. The Morgan fingerprint density at radius 3 is 2.53 bits per heavy atom. The fourth-order valence-electron chi connectivity index (χ4n) is 1.87. The lowest BCUT2D eigenvalue weighted by molar-refractivity contribution is 0.0691. The summed E-state index contributed by atoms with van der Waals surface area (Å²) < 4.78 is 1.57. The van der Waals surface area contributed by atoms with Crippen molar-refractivity contribution in [2.75, 3.05) is 0 Å². The summed E-state index contributed by atoms with van der Waals surface area (Å²) in [6.07, 6.45) is 2.85. The van der Waals surface area contributed by atoms with E-state index >= 15 is 0 Å². The van der Waals surface area contributed by atoms with Crippen molar-refractivity contribution >= 4 is 17.0 Å². The van der Waals surface area contributed by atoms with Gasteiger partial charge in [0.05, 0.1) is 16.7 Å². The first-order valence-corrected chi connectivity index (χ1v) is 5.66. The van der Waals surface area contributed by atoms with Gasteiger partial charge in [0, 0.05) is 6.20 Å². The molecule has 0 spiro atoms. The minimum atomic E-state index is -1.06. The number of carboxylic acid groups (broad SMARTS) is 1. The molecule has 3 aromatic rings. The van der Waals surface area contributed by atoms with E-state index in [1.54, 1.807) is 4.57 Å². The number of imidazole rings is 1. The third kappa shape index (κ3) is 1.93. The maximum atomic E-state index is 10.8. The molecule has 3 rings (SSSR count). The zero-order valence-electron chi connectivity index (χ0n) is 10.1. The Kier molecular flexibility index (Phi) is 2.49. The van der Waals surface area contributed by atoms with E-state index in [1.165, 1.54) is 12.5 Å². The molecule has 19 heavy (non-hydrogen) atoms. The van der Waals surface area contributed by atoms with Gasteiger partial charge in [-0.2, -0.15) is 0 Å². The number of fused-ring (bicyclic) bond motifs is 1. The number of para-hydroxylation sites is 2. The molecule has 0 aliphatic rings. The van der Waals surface area contributed by atoms with Crippen LogP contribution in [0.2, 0.25) is 0 Å². The molecular weight excluding hydrogens is 244 g/mol. The quantitative estimate of drug-likeness (QED) is 0.754. The zero-order valence-corrected chi connectivity index (χ0v) is 10.1. The van der Waals surface area contributed by atoms with E-state index < -0.39 is 5.97 Å². The summed E-state index contributed by atoms with van der Waals surface area (Å²) in [5, 5.41) is 8.87. The number of hydrogen-bond acceptors (Lipinski definition) is 4. The standard InChI is InChI=1S/C13H10N4O2/c1-8-12(17-6-11(13(18)19)14-7-17)16-10-5-3-2-4-9(10)15-8/h2-7H,1H3,(H,18,19). The molecule has 0 unspecified atom stereocenters. The third-order valence-electron chi connectivity index (χ3n) is 2.77. The number of carbonyl (C=O) groups is 1. The predicted octanol–water partition coefficient (Wildman–Crippen LogP) is 1.82. The first-order chi connectivity index (χ1) is 9.15. The number of aromatic nitrogens is 4. The highest BCUT2D eigenvalue weighted by molar-refractivity contribution is 5.85. The first-order valence-electron chi connectivity index (χ1n) is 5.66. The van der Waals surface area contributed by atoms with E-state index in [4.69, 9.17) is 5.11 Å². The maximum Gasteiger partial charge on any atom is 0.356 e. The van der Waals surface area contributed by atoms with Crippen molar-refractivity contribution in [2.24, 2.45) is 0 Å². The van der Waals surface area contributed by atoms with Crippen molar-refractivity contribution < 1.29 is 9.90 Å². The van der Waals surface area contributed by atoms with Crippen LogP contribution in [0, 0.1) is 6.92 Å². The second-order valence-electron chi connectivity index (χ2n) is 4.09. The Bertz CT molecular complexity index is 779. The van der Waals surface area contributed by atoms with E-state index in [0.29, 0.717) is 11.5 Å². The zero-order chi connectivity index (χ0) is 13.4. The van der Waals surface area contributed by atoms with Gasteiger partial charge in [0.1, 0.15) is 6.33 Å². The van der Waals surface area contributed by atoms with Gasteiger partial charge >= 0.3 is 5.97 Å². The molecule has 6 heteroatoms. The van der Waals surface area contributed by atoms with Crippen LogP contribution < -0.4 is 0 Å². The smallest absolute Gasteiger partial charge is 0.356 e. The van der Waals surface area contributed by atoms with Crippen LogP contribution in [-0.4, -0.2) is 30.6 Å². The average molecular weight is 254 g/mol. The molecule has 0 bridgehead atoms. The van der Waals surface area contributed by atoms with Crippen LogP contribution in [0.1, 0.15) is 16.2 Å². The van der Waals surface area contributed by atoms with Crippen LogP contribution in [0.5, 0.6) is 0 Å². The second kappa shape index (κ2) is 4.16. The largest absolute Gasteiger partial charge is 0.476 e. The monoisotopic (exact) mass is 254 g/mol. The molecule has 0 aliphatic carbocycles. The van der Waals surface area contributed by atoms with E-state index in [1.807, 2.05) is 31.2 Å². The fourth-order valence-corrected chi connectivity index (χ4v) is 1.87. The molecule has 0 aliphatic heterocycles. The Labute approximate surface area is 108 Å². The topological polar surface area (TPSA) is 80.9 Å². The number of benzene rings is 1. The molecule has 94 valence electrons. The van der Waals surface area contributed by atoms with Crippen LogP contribution in [0.15, 0.2) is 36.8 Å². The van der Waals surface area contributed by atoms with E-state index in [0.717, 1.165) is 11.0 Å². The van der Waals surface area contributed by atoms with Gasteiger partial charge in [-0.05, 0) is 19.1 Å². The van der Waals surface area contributed by atoms with Gasteiger partial charge in [0.25, 0.3) is 0 Å². The number of carboxylic acids is 1. The summed E-state index contributed by atoms with van der Waals surface area (Å²) in [6.45, 7) is 1.83. The van der Waals surface area contributed by atoms with Gasteiger partial charge < -0.3 is 5.11 Å². The number of rotatable bonds is 2. The summed E-state index contributed by atoms with van der Waals surface area (Å²) in [7, 11) is 0. The van der Waals surface area contributed by atoms with E-state index in [9.17, 15) is 4.79 Å². The average Bonchev–Trinajstić information content (AvgIpc) is 2.87. The highest BCUT2D eigenvalue weighted by Gasteiger charge is 2.11. The summed E-state index contributed by atoms with van der Waals surface area (Å²) in [5.41, 5.74) is 2.26. The molecule has 1 N–H and O–H groups in total. The molecule has 0 saturated heterocycles. The van der Waals surface area contributed by atoms with Gasteiger partial charge in [-0.1, -0.05) is 12.1 Å². The Morgan fingerprint density at radius 2 is 1.89 bits per heavy atom. The lowest BCUT2D eigenvalue weighted by atomic mass is 10.3. The summed E-state index contributed by atoms with van der Waals surface area (Å²) in [4.78, 5) is 23.6. The maximum absolute atomic E-state index is 10.8. The highest BCUT2D eigenvalue weighted by Crippen LogP contribution is 2.15. The molecule has 2 aromatic heterocycles. The van der Waals surface area contributed by atoms with Gasteiger partial charge in [-0.25, -0.2) is 19.7 Å². The van der Waals surface area contributed by atoms with Crippen LogP contribution >= 0.6 is 0 Å². The molecule has 1 aromatic carbocycles. The lowest BCUT2D eigenvalue weighted by Crippen LogP contribution is -2.01. The van der Waals surface area contributed by atoms with Crippen molar-refractivity contribution in [3.8, 4) is 5.82 Å². The van der Waals surface area contributed by atoms with Gasteiger partial charge in [0.2, 0.25) is 0 Å². The fraction of sp³-hybridized carbons (Fsp3) is 0.0769. The Balaban J connectivity index is 2.18. The summed E-state index contributed by atoms with van der Waals surface area (Å²) in [5.74, 6) is -0.483. The van der Waals surface area contributed by atoms with E-state index in [2.05, 4.69) is 15.0 Å². The number of nitrogens with zero attached hydrogens (tertiary/aromatic N) is 4. The number of aryl methyl sites for hydroxylation is 1. The molecular formula is C13H10N4O2. The first kappa shape index (κ1) is 11.3. The SMILES string of the molecule is Cc1nc2ccccc2nc1-n1cnc(C(=O)O)c1. The minimum Gasteiger partial charge on any atom is -0.476 e. The van der Waals surface area contributed by atoms with Gasteiger partial charge in [-0.3, -0.25) is 4.57 Å². The van der Waals surface area contributed by atoms with Gasteiger partial charge in [0.15, 0.2) is 11.5 Å². The second-order valence-corrected chi connectivity index (χ2v) is 4.09. The lowest BCUT2D eigenvalue weighted by Gasteiger charge is -2.06. The third-order valence-corrected chi connectivity index (χ3v) is 2.77. The van der Waals surface area contributed by atoms with Crippen LogP contribution in [0.3, 0.4) is 0 Å². The molecule has 0 atom stereocenters. The van der Waals surface area contributed by atoms with Crippen LogP contribution in [-0.2, 0) is 0 Å². The van der Waals surface area contributed by atoms with Crippen molar-refractivity contribution in [2.45, 2.75) is 6.92 Å². The van der Waals surface area contributed by atoms with Crippen molar-refractivity contribution in [1.29, 1.82) is 0 Å². The molecule has 0 amide bonds. The minimum absolute atomic E-state index is 0.0191. The molecule has 0 radical (unpaired) electrons.